The molecule has 1 aliphatic rings. The van der Waals surface area contributed by atoms with Gasteiger partial charge >= 0.3 is 0 Å². The highest BCUT2D eigenvalue weighted by molar-refractivity contribution is 6.29. The van der Waals surface area contributed by atoms with Crippen LogP contribution in [0.15, 0.2) is 18.2 Å². The van der Waals surface area contributed by atoms with Crippen molar-refractivity contribution in [3.63, 3.8) is 0 Å². The Bertz CT molecular complexity index is 326. The molecule has 1 aliphatic heterocycles. The summed E-state index contributed by atoms with van der Waals surface area (Å²) in [6.07, 6.45) is 0.760. The SMILES string of the molecule is FC(c1cccc(Cl)n1)C1CCNCC1. The van der Waals surface area contributed by atoms with Gasteiger partial charge in [-0.1, -0.05) is 17.7 Å². The van der Waals surface area contributed by atoms with Crippen molar-refractivity contribution in [3.8, 4) is 0 Å². The molecule has 1 atom stereocenters. The number of nitrogens with one attached hydrogen (secondary N) is 1. The van der Waals surface area contributed by atoms with Crippen molar-refractivity contribution in [1.82, 2.24) is 10.3 Å². The maximum atomic E-state index is 14.1. The monoisotopic (exact) mass is 228 g/mol. The molecule has 0 aromatic carbocycles. The van der Waals surface area contributed by atoms with Gasteiger partial charge in [0.1, 0.15) is 11.3 Å². The van der Waals surface area contributed by atoms with Gasteiger partial charge in [-0.2, -0.15) is 0 Å². The molecule has 2 rings (SSSR count). The van der Waals surface area contributed by atoms with Gasteiger partial charge in [0.2, 0.25) is 0 Å². The predicted molar refractivity (Wildman–Crippen MR) is 58.7 cm³/mol. The average molecular weight is 229 g/mol. The molecule has 1 fully saturated rings. The second kappa shape index (κ2) is 4.90. The zero-order valence-corrected chi connectivity index (χ0v) is 9.17. The fourth-order valence-electron chi connectivity index (χ4n) is 1.96. The van der Waals surface area contributed by atoms with Crippen LogP contribution in [0.4, 0.5) is 4.39 Å². The van der Waals surface area contributed by atoms with E-state index in [1.165, 1.54) is 0 Å². The van der Waals surface area contributed by atoms with Crippen LogP contribution in [0.25, 0.3) is 0 Å². The van der Waals surface area contributed by atoms with Gasteiger partial charge in [0.15, 0.2) is 0 Å². The van der Waals surface area contributed by atoms with Gasteiger partial charge in [0.05, 0.1) is 5.69 Å². The first-order chi connectivity index (χ1) is 7.27. The highest BCUT2D eigenvalue weighted by Crippen LogP contribution is 2.31. The summed E-state index contributed by atoms with van der Waals surface area (Å²) in [5.74, 6) is 0.0808. The van der Waals surface area contributed by atoms with Gasteiger partial charge in [-0.05, 0) is 44.0 Å². The molecule has 0 amide bonds. The molecule has 1 aromatic heterocycles. The Balaban J connectivity index is 2.08. The maximum absolute atomic E-state index is 14.1. The normalized spacial score (nSPS) is 20.1. The third-order valence-corrected chi connectivity index (χ3v) is 3.03. The fraction of sp³-hybridized carbons (Fsp3) is 0.545. The molecule has 1 saturated heterocycles. The molecular weight excluding hydrogens is 215 g/mol. The van der Waals surface area contributed by atoms with Gasteiger partial charge in [-0.25, -0.2) is 9.37 Å². The lowest BCUT2D eigenvalue weighted by Crippen LogP contribution is -2.30. The largest absolute Gasteiger partial charge is 0.317 e. The quantitative estimate of drug-likeness (QED) is 0.788. The third-order valence-electron chi connectivity index (χ3n) is 2.82. The molecule has 4 heteroatoms. The zero-order valence-electron chi connectivity index (χ0n) is 8.42. The highest BCUT2D eigenvalue weighted by atomic mass is 35.5. The minimum absolute atomic E-state index is 0.0808. The summed E-state index contributed by atoms with van der Waals surface area (Å²) in [6, 6.07) is 5.12. The van der Waals surface area contributed by atoms with E-state index in [1.807, 2.05) is 0 Å². The van der Waals surface area contributed by atoms with E-state index in [0.29, 0.717) is 10.8 Å². The molecule has 15 heavy (non-hydrogen) atoms. The minimum Gasteiger partial charge on any atom is -0.317 e. The maximum Gasteiger partial charge on any atom is 0.145 e. The summed E-state index contributed by atoms with van der Waals surface area (Å²) in [5.41, 5.74) is 0.467. The van der Waals surface area contributed by atoms with E-state index in [9.17, 15) is 4.39 Å². The Hall–Kier alpha value is -0.670. The first-order valence-electron chi connectivity index (χ1n) is 5.24. The van der Waals surface area contributed by atoms with Crippen LogP contribution in [-0.4, -0.2) is 18.1 Å². The Morgan fingerprint density at radius 2 is 2.13 bits per heavy atom. The van der Waals surface area contributed by atoms with Crippen molar-refractivity contribution in [2.45, 2.75) is 19.0 Å². The van der Waals surface area contributed by atoms with E-state index in [0.717, 1.165) is 25.9 Å². The first kappa shape index (κ1) is 10.8. The minimum atomic E-state index is -0.981. The van der Waals surface area contributed by atoms with Gasteiger partial charge in [-0.3, -0.25) is 0 Å². The van der Waals surface area contributed by atoms with Crippen molar-refractivity contribution in [2.75, 3.05) is 13.1 Å². The van der Waals surface area contributed by atoms with E-state index < -0.39 is 6.17 Å². The van der Waals surface area contributed by atoms with Crippen molar-refractivity contribution >= 4 is 11.6 Å². The molecule has 0 bridgehead atoms. The molecule has 2 heterocycles. The van der Waals surface area contributed by atoms with E-state index in [1.54, 1.807) is 18.2 Å². The van der Waals surface area contributed by atoms with E-state index in [-0.39, 0.29) is 5.92 Å². The van der Waals surface area contributed by atoms with Gasteiger partial charge < -0.3 is 5.32 Å². The Morgan fingerprint density at radius 3 is 2.80 bits per heavy atom. The number of aromatic nitrogens is 1. The number of nitrogens with zero attached hydrogens (tertiary/aromatic N) is 1. The van der Waals surface area contributed by atoms with Crippen molar-refractivity contribution in [1.29, 1.82) is 0 Å². The summed E-state index contributed by atoms with van der Waals surface area (Å²) in [4.78, 5) is 4.02. The van der Waals surface area contributed by atoms with E-state index in [2.05, 4.69) is 10.3 Å². The molecular formula is C11H14ClFN2. The number of halogens is 2. The number of rotatable bonds is 2. The summed E-state index contributed by atoms with van der Waals surface area (Å²) < 4.78 is 14.1. The summed E-state index contributed by atoms with van der Waals surface area (Å²) in [7, 11) is 0. The van der Waals surface area contributed by atoms with Gasteiger partial charge in [0.25, 0.3) is 0 Å². The molecule has 1 aromatic rings. The Labute approximate surface area is 93.9 Å². The van der Waals surface area contributed by atoms with Crippen LogP contribution in [0.3, 0.4) is 0 Å². The van der Waals surface area contributed by atoms with Gasteiger partial charge in [0, 0.05) is 0 Å². The smallest absolute Gasteiger partial charge is 0.145 e. The summed E-state index contributed by atoms with van der Waals surface area (Å²) >= 11 is 5.74. The van der Waals surface area contributed by atoms with Crippen LogP contribution in [0.5, 0.6) is 0 Å². The van der Waals surface area contributed by atoms with Crippen LogP contribution in [-0.2, 0) is 0 Å². The number of hydrogen-bond donors (Lipinski definition) is 1. The second-order valence-electron chi connectivity index (χ2n) is 3.87. The Morgan fingerprint density at radius 1 is 1.40 bits per heavy atom. The zero-order chi connectivity index (χ0) is 10.7. The lowest BCUT2D eigenvalue weighted by molar-refractivity contribution is 0.186. The molecule has 0 aliphatic carbocycles. The van der Waals surface area contributed by atoms with Crippen LogP contribution in [0.1, 0.15) is 24.7 Å². The third kappa shape index (κ3) is 2.67. The van der Waals surface area contributed by atoms with Gasteiger partial charge in [-0.15, -0.1) is 0 Å². The van der Waals surface area contributed by atoms with Crippen LogP contribution < -0.4 is 5.32 Å². The van der Waals surface area contributed by atoms with Crippen LogP contribution in [0.2, 0.25) is 5.15 Å². The molecule has 0 saturated carbocycles. The molecule has 2 nitrogen and oxygen atoms in total. The summed E-state index contributed by atoms with van der Waals surface area (Å²) in [6.45, 7) is 1.79. The number of hydrogen-bond acceptors (Lipinski definition) is 2. The lowest BCUT2D eigenvalue weighted by atomic mass is 9.91. The topological polar surface area (TPSA) is 24.9 Å². The van der Waals surface area contributed by atoms with Crippen molar-refractivity contribution < 1.29 is 4.39 Å². The van der Waals surface area contributed by atoms with E-state index >= 15 is 0 Å². The standard InChI is InChI=1S/C11H14ClFN2/c12-10-3-1-2-9(15-10)11(13)8-4-6-14-7-5-8/h1-3,8,11,14H,4-7H2. The fourth-order valence-corrected chi connectivity index (χ4v) is 2.13. The van der Waals surface area contributed by atoms with Crippen molar-refractivity contribution in [3.05, 3.63) is 29.0 Å². The molecule has 1 N–H and O–H groups in total. The summed E-state index contributed by atoms with van der Waals surface area (Å²) in [5, 5.41) is 3.58. The number of piperidine rings is 1. The van der Waals surface area contributed by atoms with Crippen LogP contribution in [0, 0.1) is 5.92 Å². The molecule has 0 radical (unpaired) electrons. The lowest BCUT2D eigenvalue weighted by Gasteiger charge is -2.25. The Kier molecular flexibility index (Phi) is 3.54. The highest BCUT2D eigenvalue weighted by Gasteiger charge is 2.25. The number of pyridine rings is 1. The predicted octanol–water partition coefficient (Wildman–Crippen LogP) is 2.75. The second-order valence-corrected chi connectivity index (χ2v) is 4.26. The molecule has 82 valence electrons. The van der Waals surface area contributed by atoms with E-state index in [4.69, 9.17) is 11.6 Å². The number of alkyl halides is 1. The average Bonchev–Trinajstić information content (AvgIpc) is 2.29. The van der Waals surface area contributed by atoms with Crippen molar-refractivity contribution in [2.24, 2.45) is 5.92 Å². The first-order valence-corrected chi connectivity index (χ1v) is 5.62. The van der Waals surface area contributed by atoms with Crippen LogP contribution >= 0.6 is 11.6 Å². The molecule has 1 unspecified atom stereocenters. The molecule has 0 spiro atoms.